The van der Waals surface area contributed by atoms with E-state index in [2.05, 4.69) is 15.2 Å². The van der Waals surface area contributed by atoms with Crippen molar-refractivity contribution < 1.29 is 18.0 Å². The zero-order valence-corrected chi connectivity index (χ0v) is 16.5. The predicted molar refractivity (Wildman–Crippen MR) is 110 cm³/mol. The molecular weight excluding hydrogens is 390 g/mol. The van der Waals surface area contributed by atoms with Crippen molar-refractivity contribution in [1.29, 1.82) is 0 Å². The number of oxazole rings is 1. The fourth-order valence-electron chi connectivity index (χ4n) is 3.80. The smallest absolute Gasteiger partial charge is 0.273 e. The fraction of sp³-hybridized carbons (Fsp3) is 0.364. The van der Waals surface area contributed by atoms with Crippen LogP contribution in [0.15, 0.2) is 52.7 Å². The quantitative estimate of drug-likeness (QED) is 0.734. The standard InChI is InChI=1S/C22H24F2N4O2/c23-16-5-4-6-17(24)18(16)21-27-19(20(25)29)22(30-21)26-15-9-7-14(8-10-15)13-28-11-2-1-3-12-28/h4-10,16,18,26H,1-3,11-13H2,(H2,25,29). The van der Waals surface area contributed by atoms with Gasteiger partial charge in [0.25, 0.3) is 5.91 Å². The van der Waals surface area contributed by atoms with Gasteiger partial charge in [0.15, 0.2) is 5.69 Å². The summed E-state index contributed by atoms with van der Waals surface area (Å²) in [6.07, 6.45) is 5.75. The normalized spacial score (nSPS) is 22.0. The molecular formula is C22H24F2N4O2. The zero-order valence-electron chi connectivity index (χ0n) is 16.5. The topological polar surface area (TPSA) is 84.4 Å². The molecule has 2 unspecified atom stereocenters. The maximum atomic E-state index is 14.2. The van der Waals surface area contributed by atoms with Crippen LogP contribution in [0, 0.1) is 0 Å². The molecule has 4 rings (SSSR count). The number of primary amides is 1. The van der Waals surface area contributed by atoms with Gasteiger partial charge in [0.05, 0.1) is 0 Å². The summed E-state index contributed by atoms with van der Waals surface area (Å²) in [5.74, 6) is -3.18. The van der Waals surface area contributed by atoms with E-state index in [0.29, 0.717) is 5.69 Å². The van der Waals surface area contributed by atoms with Crippen molar-refractivity contribution in [2.24, 2.45) is 5.73 Å². The van der Waals surface area contributed by atoms with E-state index in [1.165, 1.54) is 37.0 Å². The molecule has 1 aromatic heterocycles. The molecule has 1 saturated heterocycles. The second-order valence-electron chi connectivity index (χ2n) is 7.61. The van der Waals surface area contributed by atoms with Crippen LogP contribution >= 0.6 is 0 Å². The van der Waals surface area contributed by atoms with E-state index in [4.69, 9.17) is 10.2 Å². The first-order chi connectivity index (χ1) is 14.5. The first kappa shape index (κ1) is 20.3. The van der Waals surface area contributed by atoms with Gasteiger partial charge in [0.2, 0.25) is 11.8 Å². The number of halogens is 2. The summed E-state index contributed by atoms with van der Waals surface area (Å²) < 4.78 is 33.8. The van der Waals surface area contributed by atoms with Gasteiger partial charge in [-0.3, -0.25) is 9.69 Å². The number of hydrogen-bond acceptors (Lipinski definition) is 5. The average Bonchev–Trinajstić information content (AvgIpc) is 3.14. The molecule has 1 aromatic carbocycles. The highest BCUT2D eigenvalue weighted by atomic mass is 19.1. The Bertz CT molecular complexity index is 962. The molecule has 0 spiro atoms. The van der Waals surface area contributed by atoms with Gasteiger partial charge < -0.3 is 15.5 Å². The van der Waals surface area contributed by atoms with E-state index in [9.17, 15) is 13.6 Å². The van der Waals surface area contributed by atoms with E-state index >= 15 is 0 Å². The Balaban J connectivity index is 1.51. The maximum absolute atomic E-state index is 14.2. The van der Waals surface area contributed by atoms with E-state index in [1.807, 2.05) is 24.3 Å². The molecule has 2 aliphatic rings. The van der Waals surface area contributed by atoms with Crippen LogP contribution in [0.1, 0.15) is 47.1 Å². The molecule has 2 heterocycles. The number of rotatable bonds is 6. The summed E-state index contributed by atoms with van der Waals surface area (Å²) in [5.41, 5.74) is 7.02. The van der Waals surface area contributed by atoms with E-state index in [0.717, 1.165) is 25.7 Å². The number of aromatic nitrogens is 1. The molecule has 3 N–H and O–H groups in total. The highest BCUT2D eigenvalue weighted by Gasteiger charge is 2.34. The van der Waals surface area contributed by atoms with Crippen LogP contribution in [0.4, 0.5) is 20.4 Å². The lowest BCUT2D eigenvalue weighted by molar-refractivity contribution is 0.0996. The van der Waals surface area contributed by atoms with E-state index < -0.39 is 23.8 Å². The maximum Gasteiger partial charge on any atom is 0.273 e. The van der Waals surface area contributed by atoms with Crippen molar-refractivity contribution in [3.8, 4) is 0 Å². The Labute approximate surface area is 173 Å². The number of anilines is 2. The molecule has 0 radical (unpaired) electrons. The third-order valence-corrected chi connectivity index (χ3v) is 5.38. The van der Waals surface area contributed by atoms with Crippen molar-refractivity contribution >= 4 is 17.5 Å². The fourth-order valence-corrected chi connectivity index (χ4v) is 3.80. The minimum atomic E-state index is -1.64. The third kappa shape index (κ3) is 4.43. The van der Waals surface area contributed by atoms with Gasteiger partial charge in [-0.1, -0.05) is 24.6 Å². The summed E-state index contributed by atoms with van der Waals surface area (Å²) in [7, 11) is 0. The molecule has 30 heavy (non-hydrogen) atoms. The molecule has 1 amide bonds. The largest absolute Gasteiger partial charge is 0.423 e. The number of carbonyl (C=O) groups is 1. The van der Waals surface area contributed by atoms with Gasteiger partial charge in [-0.25, -0.2) is 13.8 Å². The van der Waals surface area contributed by atoms with Crippen molar-refractivity contribution in [2.45, 2.75) is 37.9 Å². The van der Waals surface area contributed by atoms with Crippen molar-refractivity contribution in [3.05, 3.63) is 65.5 Å². The monoisotopic (exact) mass is 414 g/mol. The second kappa shape index (κ2) is 8.79. The Morgan fingerprint density at radius 1 is 1.23 bits per heavy atom. The van der Waals surface area contributed by atoms with Gasteiger partial charge in [-0.15, -0.1) is 0 Å². The molecule has 1 fully saturated rings. The van der Waals surface area contributed by atoms with Crippen LogP contribution in [-0.2, 0) is 6.54 Å². The highest BCUT2D eigenvalue weighted by Crippen LogP contribution is 2.36. The number of carbonyl (C=O) groups excluding carboxylic acids is 1. The molecule has 0 bridgehead atoms. The van der Waals surface area contributed by atoms with Crippen molar-refractivity contribution in [3.63, 3.8) is 0 Å². The van der Waals surface area contributed by atoms with Crippen LogP contribution in [0.3, 0.4) is 0 Å². The number of piperidine rings is 1. The first-order valence-corrected chi connectivity index (χ1v) is 10.1. The number of nitrogens with zero attached hydrogens (tertiary/aromatic N) is 2. The van der Waals surface area contributed by atoms with Crippen molar-refractivity contribution in [2.75, 3.05) is 18.4 Å². The number of benzene rings is 1. The Morgan fingerprint density at radius 3 is 2.63 bits per heavy atom. The third-order valence-electron chi connectivity index (χ3n) is 5.38. The van der Waals surface area contributed by atoms with Crippen molar-refractivity contribution in [1.82, 2.24) is 9.88 Å². The second-order valence-corrected chi connectivity index (χ2v) is 7.61. The van der Waals surface area contributed by atoms with Gasteiger partial charge in [0.1, 0.15) is 17.9 Å². The molecule has 8 heteroatoms. The Hall–Kier alpha value is -3.00. The number of likely N-dealkylation sites (tertiary alicyclic amines) is 1. The minimum Gasteiger partial charge on any atom is -0.423 e. The molecule has 6 nitrogen and oxygen atoms in total. The molecule has 1 aliphatic carbocycles. The predicted octanol–water partition coefficient (Wildman–Crippen LogP) is 4.35. The van der Waals surface area contributed by atoms with Crippen LogP contribution in [0.25, 0.3) is 0 Å². The first-order valence-electron chi connectivity index (χ1n) is 10.1. The molecule has 1 aliphatic heterocycles. The van der Waals surface area contributed by atoms with E-state index in [1.54, 1.807) is 0 Å². The summed E-state index contributed by atoms with van der Waals surface area (Å²) in [6.45, 7) is 3.11. The Kier molecular flexibility index (Phi) is 5.94. The number of alkyl halides is 1. The number of amides is 1. The molecule has 158 valence electrons. The SMILES string of the molecule is NC(=O)c1nc(C2C(F)=CC=CC2F)oc1Nc1ccc(CN2CCCCC2)cc1. The number of allylic oxidation sites excluding steroid dienone is 4. The van der Waals surface area contributed by atoms with Crippen LogP contribution in [-0.4, -0.2) is 35.1 Å². The molecule has 0 saturated carbocycles. The lowest BCUT2D eigenvalue weighted by Crippen LogP contribution is -2.29. The van der Waals surface area contributed by atoms with Gasteiger partial charge in [-0.2, -0.15) is 0 Å². The average molecular weight is 414 g/mol. The van der Waals surface area contributed by atoms with Crippen LogP contribution in [0.2, 0.25) is 0 Å². The zero-order chi connectivity index (χ0) is 21.1. The van der Waals surface area contributed by atoms with Gasteiger partial charge >= 0.3 is 0 Å². The van der Waals surface area contributed by atoms with Gasteiger partial charge in [0, 0.05) is 12.2 Å². The number of hydrogen-bond donors (Lipinski definition) is 2. The Morgan fingerprint density at radius 2 is 1.97 bits per heavy atom. The lowest BCUT2D eigenvalue weighted by Gasteiger charge is -2.26. The number of nitrogens with two attached hydrogens (primary N) is 1. The summed E-state index contributed by atoms with van der Waals surface area (Å²) in [6, 6.07) is 7.69. The summed E-state index contributed by atoms with van der Waals surface area (Å²) in [5, 5.41) is 2.95. The number of nitrogens with one attached hydrogen (secondary N) is 1. The highest BCUT2D eigenvalue weighted by molar-refractivity contribution is 5.96. The lowest BCUT2D eigenvalue weighted by atomic mass is 9.97. The van der Waals surface area contributed by atoms with Gasteiger partial charge in [-0.05, 0) is 55.8 Å². The van der Waals surface area contributed by atoms with Crippen LogP contribution in [0.5, 0.6) is 0 Å². The summed E-state index contributed by atoms with van der Waals surface area (Å²) >= 11 is 0. The molecule has 2 aromatic rings. The van der Waals surface area contributed by atoms with E-state index in [-0.39, 0.29) is 17.5 Å². The van der Waals surface area contributed by atoms with Crippen LogP contribution < -0.4 is 11.1 Å². The molecule has 2 atom stereocenters. The summed E-state index contributed by atoms with van der Waals surface area (Å²) in [4.78, 5) is 18.2. The minimum absolute atomic E-state index is 0.0316.